The van der Waals surface area contributed by atoms with Gasteiger partial charge in [-0.25, -0.2) is 4.79 Å². The number of hydrogen-bond acceptors (Lipinski definition) is 4. The Bertz CT molecular complexity index is 916. The molecule has 122 valence electrons. The zero-order valence-corrected chi connectivity index (χ0v) is 13.2. The number of nitrogens with one attached hydrogen (secondary N) is 1. The largest absolute Gasteiger partial charge is 0.497 e. The standard InChI is InChI=1S/C19H17NO4/c1-23-15-7-8-17-14(11-15)12-16(19(22)24-17)18(21)20-10-9-13-5-3-2-4-6-13/h2-8,11-12H,9-10H2,1H3,(H,20,21). The Hall–Kier alpha value is -3.08. The molecule has 0 saturated carbocycles. The van der Waals surface area contributed by atoms with Crippen molar-refractivity contribution in [3.8, 4) is 5.75 Å². The lowest BCUT2D eigenvalue weighted by Gasteiger charge is -2.06. The van der Waals surface area contributed by atoms with Gasteiger partial charge in [-0.2, -0.15) is 0 Å². The quantitative estimate of drug-likeness (QED) is 0.733. The lowest BCUT2D eigenvalue weighted by molar-refractivity contribution is 0.0950. The van der Waals surface area contributed by atoms with Gasteiger partial charge in [0, 0.05) is 11.9 Å². The Balaban J connectivity index is 1.76. The highest BCUT2D eigenvalue weighted by atomic mass is 16.5. The molecule has 1 amide bonds. The number of hydrogen-bond donors (Lipinski definition) is 1. The molecule has 0 radical (unpaired) electrons. The van der Waals surface area contributed by atoms with Crippen LogP contribution in [0.4, 0.5) is 0 Å². The Morgan fingerprint density at radius 2 is 1.92 bits per heavy atom. The molecular formula is C19H17NO4. The van der Waals surface area contributed by atoms with E-state index in [2.05, 4.69) is 5.32 Å². The third-order valence-corrected chi connectivity index (χ3v) is 3.73. The van der Waals surface area contributed by atoms with Crippen molar-refractivity contribution in [3.63, 3.8) is 0 Å². The highest BCUT2D eigenvalue weighted by Gasteiger charge is 2.13. The number of carbonyl (C=O) groups is 1. The normalized spacial score (nSPS) is 10.5. The molecule has 0 saturated heterocycles. The molecular weight excluding hydrogens is 306 g/mol. The van der Waals surface area contributed by atoms with E-state index in [1.807, 2.05) is 30.3 Å². The van der Waals surface area contributed by atoms with Crippen molar-refractivity contribution < 1.29 is 13.9 Å². The summed E-state index contributed by atoms with van der Waals surface area (Å²) in [6, 6.07) is 16.4. The van der Waals surface area contributed by atoms with Crippen molar-refractivity contribution in [2.24, 2.45) is 0 Å². The van der Waals surface area contributed by atoms with Crippen molar-refractivity contribution in [3.05, 3.63) is 76.1 Å². The minimum absolute atomic E-state index is 0.0104. The molecule has 0 spiro atoms. The zero-order chi connectivity index (χ0) is 16.9. The van der Waals surface area contributed by atoms with E-state index in [-0.39, 0.29) is 5.56 Å². The van der Waals surface area contributed by atoms with Gasteiger partial charge < -0.3 is 14.5 Å². The predicted octanol–water partition coefficient (Wildman–Crippen LogP) is 2.77. The minimum Gasteiger partial charge on any atom is -0.497 e. The summed E-state index contributed by atoms with van der Waals surface area (Å²) in [4.78, 5) is 24.3. The number of rotatable bonds is 5. The minimum atomic E-state index is -0.648. The van der Waals surface area contributed by atoms with Gasteiger partial charge in [0.05, 0.1) is 7.11 Å². The van der Waals surface area contributed by atoms with Crippen molar-refractivity contribution in [2.45, 2.75) is 6.42 Å². The van der Waals surface area contributed by atoms with Crippen LogP contribution in [0.5, 0.6) is 5.75 Å². The van der Waals surface area contributed by atoms with Crippen molar-refractivity contribution >= 4 is 16.9 Å². The number of benzene rings is 2. The van der Waals surface area contributed by atoms with Crippen LogP contribution in [0, 0.1) is 0 Å². The SMILES string of the molecule is COc1ccc2oc(=O)c(C(=O)NCCc3ccccc3)cc2c1. The van der Waals surface area contributed by atoms with E-state index in [1.54, 1.807) is 25.3 Å². The van der Waals surface area contributed by atoms with Gasteiger partial charge in [-0.05, 0) is 36.2 Å². The van der Waals surface area contributed by atoms with E-state index >= 15 is 0 Å². The lowest BCUT2D eigenvalue weighted by atomic mass is 10.1. The summed E-state index contributed by atoms with van der Waals surface area (Å²) in [5.41, 5.74) is 0.878. The summed E-state index contributed by atoms with van der Waals surface area (Å²) in [5.74, 6) is 0.191. The molecule has 5 nitrogen and oxygen atoms in total. The zero-order valence-electron chi connectivity index (χ0n) is 13.2. The van der Waals surface area contributed by atoms with Crippen LogP contribution in [0.1, 0.15) is 15.9 Å². The van der Waals surface area contributed by atoms with Crippen molar-refractivity contribution in [1.82, 2.24) is 5.32 Å². The maximum Gasteiger partial charge on any atom is 0.349 e. The maximum atomic E-state index is 12.3. The second-order valence-corrected chi connectivity index (χ2v) is 5.34. The van der Waals surface area contributed by atoms with Crippen LogP contribution in [0.3, 0.4) is 0 Å². The summed E-state index contributed by atoms with van der Waals surface area (Å²) in [5, 5.41) is 3.39. The molecule has 0 unspecified atom stereocenters. The van der Waals surface area contributed by atoms with Gasteiger partial charge >= 0.3 is 5.63 Å². The fraction of sp³-hybridized carbons (Fsp3) is 0.158. The summed E-state index contributed by atoms with van der Waals surface area (Å²) < 4.78 is 10.4. The third kappa shape index (κ3) is 3.46. The van der Waals surface area contributed by atoms with Gasteiger partial charge in [-0.1, -0.05) is 30.3 Å². The average Bonchev–Trinajstić information content (AvgIpc) is 2.61. The first kappa shape index (κ1) is 15.8. The molecule has 0 aliphatic rings. The fourth-order valence-corrected chi connectivity index (χ4v) is 2.45. The van der Waals surface area contributed by atoms with Crippen LogP contribution < -0.4 is 15.7 Å². The van der Waals surface area contributed by atoms with E-state index in [4.69, 9.17) is 9.15 Å². The monoisotopic (exact) mass is 323 g/mol. The molecule has 2 aromatic carbocycles. The molecule has 0 bridgehead atoms. The van der Waals surface area contributed by atoms with Crippen LogP contribution in [0.25, 0.3) is 11.0 Å². The van der Waals surface area contributed by atoms with E-state index < -0.39 is 11.5 Å². The lowest BCUT2D eigenvalue weighted by Crippen LogP contribution is -2.29. The Kier molecular flexibility index (Phi) is 4.61. The third-order valence-electron chi connectivity index (χ3n) is 3.73. The maximum absolute atomic E-state index is 12.3. The predicted molar refractivity (Wildman–Crippen MR) is 91.5 cm³/mol. The van der Waals surface area contributed by atoms with Gasteiger partial charge in [0.1, 0.15) is 16.9 Å². The van der Waals surface area contributed by atoms with Gasteiger partial charge in [0.15, 0.2) is 0 Å². The highest BCUT2D eigenvalue weighted by molar-refractivity contribution is 5.96. The molecule has 1 heterocycles. The molecule has 5 heteroatoms. The molecule has 0 aliphatic carbocycles. The Morgan fingerprint density at radius 3 is 2.67 bits per heavy atom. The van der Waals surface area contributed by atoms with Crippen molar-refractivity contribution in [2.75, 3.05) is 13.7 Å². The van der Waals surface area contributed by atoms with Crippen LogP contribution in [-0.4, -0.2) is 19.6 Å². The van der Waals surface area contributed by atoms with Crippen LogP contribution in [-0.2, 0) is 6.42 Å². The molecule has 1 aromatic heterocycles. The number of methoxy groups -OCH3 is 1. The highest BCUT2D eigenvalue weighted by Crippen LogP contribution is 2.20. The number of ether oxygens (including phenoxy) is 1. The van der Waals surface area contributed by atoms with Gasteiger partial charge in [-0.3, -0.25) is 4.79 Å². The first-order valence-electron chi connectivity index (χ1n) is 7.61. The first-order chi connectivity index (χ1) is 11.7. The summed E-state index contributed by atoms with van der Waals surface area (Å²) >= 11 is 0. The van der Waals surface area contributed by atoms with E-state index in [1.165, 1.54) is 6.07 Å². The van der Waals surface area contributed by atoms with Gasteiger partial charge in [-0.15, -0.1) is 0 Å². The molecule has 24 heavy (non-hydrogen) atoms. The van der Waals surface area contributed by atoms with Crippen molar-refractivity contribution in [1.29, 1.82) is 0 Å². The average molecular weight is 323 g/mol. The first-order valence-corrected chi connectivity index (χ1v) is 7.61. The smallest absolute Gasteiger partial charge is 0.349 e. The topological polar surface area (TPSA) is 68.5 Å². The van der Waals surface area contributed by atoms with Crippen LogP contribution in [0.15, 0.2) is 63.8 Å². The van der Waals surface area contributed by atoms with E-state index in [0.29, 0.717) is 29.7 Å². The van der Waals surface area contributed by atoms with Gasteiger partial charge in [0.2, 0.25) is 0 Å². The number of fused-ring (bicyclic) bond motifs is 1. The molecule has 0 aliphatic heterocycles. The molecule has 0 atom stereocenters. The number of carbonyl (C=O) groups excluding carboxylic acids is 1. The van der Waals surface area contributed by atoms with E-state index in [9.17, 15) is 9.59 Å². The molecule has 1 N–H and O–H groups in total. The van der Waals surface area contributed by atoms with Crippen LogP contribution >= 0.6 is 0 Å². The molecule has 3 aromatic rings. The molecule has 0 fully saturated rings. The Labute approximate surface area is 138 Å². The van der Waals surface area contributed by atoms with Gasteiger partial charge in [0.25, 0.3) is 5.91 Å². The second-order valence-electron chi connectivity index (χ2n) is 5.34. The van der Waals surface area contributed by atoms with E-state index in [0.717, 1.165) is 5.56 Å². The Morgan fingerprint density at radius 1 is 1.12 bits per heavy atom. The van der Waals surface area contributed by atoms with Crippen LogP contribution in [0.2, 0.25) is 0 Å². The second kappa shape index (κ2) is 7.00. The summed E-state index contributed by atoms with van der Waals surface area (Å²) in [7, 11) is 1.55. The molecule has 3 rings (SSSR count). The number of amides is 1. The summed E-state index contributed by atoms with van der Waals surface area (Å²) in [6.45, 7) is 0.443. The summed E-state index contributed by atoms with van der Waals surface area (Å²) in [6.07, 6.45) is 0.694. The fourth-order valence-electron chi connectivity index (χ4n) is 2.45.